The molecule has 0 radical (unpaired) electrons. The number of aryl methyl sites for hydroxylation is 1. The van der Waals surface area contributed by atoms with E-state index in [1.54, 1.807) is 70.9 Å². The molecule has 426 valence electrons. The summed E-state index contributed by atoms with van der Waals surface area (Å²) in [7, 11) is 0. The normalized spacial score (nSPS) is 19.9. The molecule has 3 aliphatic heterocycles. The molecule has 0 spiro atoms. The number of hydrogen-bond acceptors (Lipinski definition) is 23. The van der Waals surface area contributed by atoms with E-state index in [9.17, 15) is 38.7 Å². The van der Waals surface area contributed by atoms with Crippen LogP contribution in [0, 0.1) is 12.8 Å². The summed E-state index contributed by atoms with van der Waals surface area (Å²) in [5.74, 6) is -4.19. The number of benzene rings is 1. The van der Waals surface area contributed by atoms with Crippen LogP contribution in [-0.2, 0) is 23.9 Å². The lowest BCUT2D eigenvalue weighted by molar-refractivity contribution is -0.138. The highest BCUT2D eigenvalue weighted by Crippen LogP contribution is 2.40. The Hall–Kier alpha value is -8.13. The number of rotatable bonds is 9. The summed E-state index contributed by atoms with van der Waals surface area (Å²) >= 11 is 7.13. The van der Waals surface area contributed by atoms with Gasteiger partial charge in [0.05, 0.1) is 30.7 Å². The van der Waals surface area contributed by atoms with Crippen LogP contribution in [0.1, 0.15) is 120 Å². The number of amides is 7. The largest absolute Gasteiger partial charge is 0.473 e. The van der Waals surface area contributed by atoms with E-state index in [1.165, 1.54) is 44.3 Å². The van der Waals surface area contributed by atoms with Crippen LogP contribution in [0.4, 0.5) is 0 Å². The van der Waals surface area contributed by atoms with Gasteiger partial charge in [-0.3, -0.25) is 33.6 Å². The van der Waals surface area contributed by atoms with Gasteiger partial charge in [0, 0.05) is 43.9 Å². The predicted molar refractivity (Wildman–Crippen MR) is 312 cm³/mol. The number of carbonyl (C=O) groups is 7. The number of pyridine rings is 1. The number of fused-ring (bicyclic) bond motifs is 14. The number of nitrogens with zero attached hydrogens (tertiary/aromatic N) is 9. The highest BCUT2D eigenvalue weighted by molar-refractivity contribution is 7.15. The van der Waals surface area contributed by atoms with E-state index in [1.807, 2.05) is 13.8 Å². The van der Waals surface area contributed by atoms with E-state index in [-0.39, 0.29) is 52.8 Å². The third-order valence-electron chi connectivity index (χ3n) is 13.6. The third-order valence-corrected chi connectivity index (χ3v) is 19.1. The number of aromatic nitrogens is 7. The molecular weight excluding hydrogens is 1180 g/mol. The van der Waals surface area contributed by atoms with Crippen molar-refractivity contribution in [2.75, 3.05) is 19.7 Å². The SMILES string of the molecule is Cc1sc2nc1C(=O)N[C@H](C(C)C)c1nc(cs1)C(=O)NCC(=O)N[C@@H]([C@H](O)c1ccccc1)c1nc(cs1)-c1nc(cs1)-c1nc(-c3nc(C4=N[C@@H](C(=O)N5CCC[C@H]5C(N)=O)CO4)cs3)ccc1-c1nc(cs1)C(=O)N[C@H]2CC(N)=O. The summed E-state index contributed by atoms with van der Waals surface area (Å²) in [6, 6.07) is 7.92. The molecule has 24 nitrogen and oxygen atoms in total. The van der Waals surface area contributed by atoms with Crippen molar-refractivity contribution in [1.82, 2.24) is 61.1 Å². The van der Waals surface area contributed by atoms with Gasteiger partial charge in [0.25, 0.3) is 23.6 Å². The minimum atomic E-state index is -1.27. The lowest BCUT2D eigenvalue weighted by Crippen LogP contribution is -2.47. The van der Waals surface area contributed by atoms with Gasteiger partial charge in [0.1, 0.15) is 94.7 Å². The lowest BCUT2D eigenvalue weighted by atomic mass is 10.0. The Kier molecular flexibility index (Phi) is 16.4. The number of aliphatic imine (C=N–C) groups is 1. The quantitative estimate of drug-likeness (QED) is 0.0934. The van der Waals surface area contributed by atoms with E-state index in [0.717, 1.165) is 34.0 Å². The summed E-state index contributed by atoms with van der Waals surface area (Å²) < 4.78 is 5.88. The first kappa shape index (κ1) is 56.7. The fraction of sp³-hybridized carbons (Fsp3) is 0.302. The molecule has 1 aromatic carbocycles. The van der Waals surface area contributed by atoms with Crippen LogP contribution in [0.3, 0.4) is 0 Å². The van der Waals surface area contributed by atoms with Crippen molar-refractivity contribution < 1.29 is 43.4 Å². The Bertz CT molecular complexity index is 3870. The minimum Gasteiger partial charge on any atom is -0.473 e. The van der Waals surface area contributed by atoms with E-state index in [2.05, 4.69) is 36.2 Å². The summed E-state index contributed by atoms with van der Waals surface area (Å²) in [5.41, 5.74) is 14.3. The van der Waals surface area contributed by atoms with Crippen molar-refractivity contribution in [2.45, 2.75) is 76.3 Å². The molecule has 3 aliphatic rings. The zero-order valence-electron chi connectivity index (χ0n) is 44.1. The zero-order chi connectivity index (χ0) is 58.2. The number of nitrogens with one attached hydrogen (secondary N) is 4. The van der Waals surface area contributed by atoms with Crippen molar-refractivity contribution in [3.05, 3.63) is 118 Å². The summed E-state index contributed by atoms with van der Waals surface area (Å²) in [6.07, 6.45) is -0.479. The zero-order valence-corrected chi connectivity index (χ0v) is 49.0. The minimum absolute atomic E-state index is 0.00264. The number of thiazole rings is 6. The van der Waals surface area contributed by atoms with E-state index in [0.29, 0.717) is 88.9 Å². The van der Waals surface area contributed by atoms with Crippen molar-refractivity contribution in [1.29, 1.82) is 0 Å². The maximum absolute atomic E-state index is 14.2. The average Bonchev–Trinajstić information content (AvgIpc) is 4.29. The molecule has 1 fully saturated rings. The first-order valence-electron chi connectivity index (χ1n) is 25.7. The summed E-state index contributed by atoms with van der Waals surface area (Å²) in [4.78, 5) is 134. The van der Waals surface area contributed by atoms with Crippen LogP contribution in [0.2, 0.25) is 0 Å². The maximum Gasteiger partial charge on any atom is 0.271 e. The van der Waals surface area contributed by atoms with E-state index in [4.69, 9.17) is 41.1 Å². The second-order valence-electron chi connectivity index (χ2n) is 19.6. The Morgan fingerprint density at radius 2 is 1.36 bits per heavy atom. The molecule has 83 heavy (non-hydrogen) atoms. The van der Waals surface area contributed by atoms with Crippen LogP contribution >= 0.6 is 68.0 Å². The van der Waals surface area contributed by atoms with Crippen molar-refractivity contribution >= 4 is 115 Å². The monoisotopic (exact) mass is 1230 g/mol. The Labute approximate surface area is 496 Å². The fourth-order valence-corrected chi connectivity index (χ4v) is 14.7. The van der Waals surface area contributed by atoms with Gasteiger partial charge >= 0.3 is 0 Å². The molecule has 9 N–H and O–H groups in total. The van der Waals surface area contributed by atoms with Gasteiger partial charge < -0.3 is 47.5 Å². The number of ether oxygens (including phenoxy) is 1. The first-order chi connectivity index (χ1) is 40.0. The van der Waals surface area contributed by atoms with Gasteiger partial charge in [0.2, 0.25) is 23.6 Å². The van der Waals surface area contributed by atoms with E-state index >= 15 is 0 Å². The molecule has 7 amide bonds. The van der Waals surface area contributed by atoms with Crippen LogP contribution in [0.5, 0.6) is 0 Å². The molecule has 10 bridgehead atoms. The maximum atomic E-state index is 14.2. The smallest absolute Gasteiger partial charge is 0.271 e. The molecule has 8 aromatic rings. The van der Waals surface area contributed by atoms with Crippen LogP contribution < -0.4 is 32.7 Å². The number of carbonyl (C=O) groups excluding carboxylic acids is 7. The molecule has 7 aromatic heterocycles. The molecule has 10 heterocycles. The Morgan fingerprint density at radius 3 is 2.12 bits per heavy atom. The third kappa shape index (κ3) is 12.1. The number of aliphatic hydroxyl groups is 1. The van der Waals surface area contributed by atoms with Gasteiger partial charge in [-0.15, -0.1) is 68.0 Å². The highest BCUT2D eigenvalue weighted by Gasteiger charge is 2.39. The standard InChI is InChI=1S/C53H49N15O9S6/c1-22(2)37-51-62-30(18-81-51)43(73)56-15-36(70)65-40(41(71)24-8-5-4-6-9-24)52-64-33(21-82-52)49-60-29(17-79-49)39-25(47-61-31(19-78-47)44(74)58-27(14-35(54)69)50-67-38(23(3)83-50)45(75)66-37)11-12-26(57-39)48-63-32(20-80-48)46-59-28(16-77-46)53(76)68-13-7-10-34(68)42(55)72/h4-6,8-9,11-12,17-22,27-28,34,37,40-41,71H,7,10,13-16H2,1-3H3,(H2,54,69)(H2,55,72)(H,56,73)(H,58,74)(H,65,70)(H,66,75)/t27-,28+,34-,37+,40-,41+/m0/s1. The number of nitrogens with two attached hydrogens (primary N) is 2. The topological polar surface area (TPSA) is 355 Å². The fourth-order valence-electron chi connectivity index (χ4n) is 9.39. The van der Waals surface area contributed by atoms with Gasteiger partial charge in [-0.05, 0) is 43.4 Å². The highest BCUT2D eigenvalue weighted by atomic mass is 32.1. The van der Waals surface area contributed by atoms with E-state index < -0.39 is 78.3 Å². The molecule has 6 atom stereocenters. The second-order valence-corrected chi connectivity index (χ2v) is 25.2. The van der Waals surface area contributed by atoms with Gasteiger partial charge in [-0.2, -0.15) is 0 Å². The molecule has 30 heteroatoms. The number of aliphatic hydroxyl groups excluding tert-OH is 1. The first-order valence-corrected chi connectivity index (χ1v) is 31.0. The van der Waals surface area contributed by atoms with Gasteiger partial charge in [-0.1, -0.05) is 44.2 Å². The Morgan fingerprint density at radius 1 is 0.699 bits per heavy atom. The number of primary amides is 2. The second kappa shape index (κ2) is 24.0. The summed E-state index contributed by atoms with van der Waals surface area (Å²) in [6.45, 7) is 5.31. The van der Waals surface area contributed by atoms with Crippen LogP contribution in [0.25, 0.3) is 43.4 Å². The average molecular weight is 1230 g/mol. The van der Waals surface area contributed by atoms with Crippen LogP contribution in [0.15, 0.2) is 74.4 Å². The Balaban J connectivity index is 0.958. The molecule has 0 aliphatic carbocycles. The van der Waals surface area contributed by atoms with Crippen LogP contribution in [-0.4, -0.2) is 124 Å². The predicted octanol–water partition coefficient (Wildman–Crippen LogP) is 5.53. The van der Waals surface area contributed by atoms with Crippen molar-refractivity contribution in [3.63, 3.8) is 0 Å². The molecule has 1 saturated heterocycles. The molecule has 0 unspecified atom stereocenters. The van der Waals surface area contributed by atoms with Gasteiger partial charge in [0.15, 0.2) is 6.04 Å². The summed E-state index contributed by atoms with van der Waals surface area (Å²) in [5, 5.41) is 33.8. The molecular formula is C53H49N15O9S6. The molecule has 11 rings (SSSR count). The van der Waals surface area contributed by atoms with Crippen molar-refractivity contribution in [2.24, 2.45) is 22.4 Å². The molecule has 0 saturated carbocycles. The van der Waals surface area contributed by atoms with Gasteiger partial charge in [-0.25, -0.2) is 39.9 Å². The number of hydrogen-bond donors (Lipinski definition) is 7. The number of likely N-dealkylation sites (tertiary alicyclic amines) is 1. The van der Waals surface area contributed by atoms with Crippen molar-refractivity contribution in [3.8, 4) is 43.4 Å². The lowest BCUT2D eigenvalue weighted by Gasteiger charge is -2.23.